The third-order valence-electron chi connectivity index (χ3n) is 1.42. The minimum atomic E-state index is 0.534. The zero-order valence-corrected chi connectivity index (χ0v) is 9.61. The first-order chi connectivity index (χ1) is 6.08. The summed E-state index contributed by atoms with van der Waals surface area (Å²) >= 11 is 7.62. The molecule has 1 aromatic heterocycles. The van der Waals surface area contributed by atoms with Crippen LogP contribution in [-0.4, -0.2) is 15.2 Å². The summed E-state index contributed by atoms with van der Waals surface area (Å²) in [6.07, 6.45) is 0. The van der Waals surface area contributed by atoms with Crippen LogP contribution < -0.4 is 0 Å². The number of hydrogen-bond donors (Lipinski definition) is 0. The van der Waals surface area contributed by atoms with Crippen LogP contribution in [0.4, 0.5) is 0 Å². The fourth-order valence-electron chi connectivity index (χ4n) is 0.895. The smallest absolute Gasteiger partial charge is 0.140 e. The fourth-order valence-corrected chi connectivity index (χ4v) is 1.76. The first-order valence-electron chi connectivity index (χ1n) is 4.19. The van der Waals surface area contributed by atoms with Gasteiger partial charge in [-0.05, 0) is 18.2 Å². The van der Waals surface area contributed by atoms with Crippen LogP contribution in [-0.2, 0) is 5.75 Å². The van der Waals surface area contributed by atoms with Crippen molar-refractivity contribution in [2.24, 2.45) is 0 Å². The molecule has 0 amide bonds. The molecule has 0 saturated carbocycles. The molecule has 0 bridgehead atoms. The van der Waals surface area contributed by atoms with E-state index in [1.807, 2.05) is 18.7 Å². The second kappa shape index (κ2) is 4.82. The van der Waals surface area contributed by atoms with E-state index in [0.717, 1.165) is 17.3 Å². The predicted octanol–water partition coefficient (Wildman–Crippen LogP) is 3.08. The van der Waals surface area contributed by atoms with E-state index in [9.17, 15) is 0 Å². The van der Waals surface area contributed by atoms with Crippen molar-refractivity contribution in [3.63, 3.8) is 0 Å². The van der Waals surface area contributed by atoms with Crippen LogP contribution >= 0.6 is 23.4 Å². The number of hydrogen-bond acceptors (Lipinski definition) is 3. The molecular weight excluding hydrogens is 204 g/mol. The maximum Gasteiger partial charge on any atom is 0.140 e. The standard InChI is InChI=1S/C9H13ClN2S/c1-6(2)13-5-9-11-7(3)4-8(10)12-9/h4,6H,5H2,1-3H3. The summed E-state index contributed by atoms with van der Waals surface area (Å²) in [5, 5.41) is 1.13. The van der Waals surface area contributed by atoms with Gasteiger partial charge in [0.25, 0.3) is 0 Å². The highest BCUT2D eigenvalue weighted by Crippen LogP contribution is 2.16. The van der Waals surface area contributed by atoms with Crippen molar-refractivity contribution in [3.05, 3.63) is 22.7 Å². The van der Waals surface area contributed by atoms with Gasteiger partial charge in [-0.25, -0.2) is 9.97 Å². The molecule has 0 aliphatic heterocycles. The highest BCUT2D eigenvalue weighted by Gasteiger charge is 2.02. The van der Waals surface area contributed by atoms with Crippen molar-refractivity contribution in [2.75, 3.05) is 0 Å². The number of aromatic nitrogens is 2. The van der Waals surface area contributed by atoms with Gasteiger partial charge in [0.05, 0.1) is 5.75 Å². The largest absolute Gasteiger partial charge is 0.237 e. The van der Waals surface area contributed by atoms with Gasteiger partial charge in [-0.15, -0.1) is 0 Å². The van der Waals surface area contributed by atoms with Gasteiger partial charge in [0.1, 0.15) is 11.0 Å². The molecule has 0 atom stereocenters. The van der Waals surface area contributed by atoms with E-state index in [2.05, 4.69) is 23.8 Å². The fraction of sp³-hybridized carbons (Fsp3) is 0.556. The van der Waals surface area contributed by atoms with Crippen LogP contribution in [0.2, 0.25) is 5.15 Å². The Morgan fingerprint density at radius 2 is 2.15 bits per heavy atom. The van der Waals surface area contributed by atoms with E-state index >= 15 is 0 Å². The van der Waals surface area contributed by atoms with Gasteiger partial charge >= 0.3 is 0 Å². The number of aryl methyl sites for hydroxylation is 1. The van der Waals surface area contributed by atoms with E-state index < -0.39 is 0 Å². The average molecular weight is 217 g/mol. The number of halogens is 1. The molecule has 1 heterocycles. The lowest BCUT2D eigenvalue weighted by molar-refractivity contribution is 0.989. The highest BCUT2D eigenvalue weighted by atomic mass is 35.5. The van der Waals surface area contributed by atoms with Gasteiger partial charge in [-0.3, -0.25) is 0 Å². The molecule has 13 heavy (non-hydrogen) atoms. The Labute approximate surface area is 88.1 Å². The summed E-state index contributed by atoms with van der Waals surface area (Å²) in [5.74, 6) is 1.66. The van der Waals surface area contributed by atoms with E-state index in [0.29, 0.717) is 10.4 Å². The molecule has 0 spiro atoms. The molecule has 0 N–H and O–H groups in total. The van der Waals surface area contributed by atoms with Crippen LogP contribution in [0.15, 0.2) is 6.07 Å². The summed E-state index contributed by atoms with van der Waals surface area (Å²) in [5.41, 5.74) is 0.930. The zero-order chi connectivity index (χ0) is 9.84. The molecule has 1 aromatic rings. The Kier molecular flexibility index (Phi) is 4.00. The van der Waals surface area contributed by atoms with E-state index in [4.69, 9.17) is 11.6 Å². The van der Waals surface area contributed by atoms with Crippen molar-refractivity contribution in [1.29, 1.82) is 0 Å². The van der Waals surface area contributed by atoms with Crippen molar-refractivity contribution < 1.29 is 0 Å². The van der Waals surface area contributed by atoms with Crippen LogP contribution in [0.3, 0.4) is 0 Å². The summed E-state index contributed by atoms with van der Waals surface area (Å²) in [7, 11) is 0. The molecule has 0 unspecified atom stereocenters. The monoisotopic (exact) mass is 216 g/mol. The lowest BCUT2D eigenvalue weighted by Crippen LogP contribution is -1.97. The van der Waals surface area contributed by atoms with Gasteiger partial charge in [0, 0.05) is 5.69 Å². The maximum atomic E-state index is 5.81. The van der Waals surface area contributed by atoms with Crippen molar-refractivity contribution in [3.8, 4) is 0 Å². The third-order valence-corrected chi connectivity index (χ3v) is 2.70. The summed E-state index contributed by atoms with van der Waals surface area (Å²) < 4.78 is 0. The van der Waals surface area contributed by atoms with Crippen molar-refractivity contribution in [1.82, 2.24) is 9.97 Å². The van der Waals surface area contributed by atoms with Crippen LogP contribution in [0.1, 0.15) is 25.4 Å². The SMILES string of the molecule is Cc1cc(Cl)nc(CSC(C)C)n1. The van der Waals surface area contributed by atoms with Gasteiger partial charge in [-0.1, -0.05) is 25.4 Å². The second-order valence-electron chi connectivity index (χ2n) is 3.11. The highest BCUT2D eigenvalue weighted by molar-refractivity contribution is 7.99. The second-order valence-corrected chi connectivity index (χ2v) is 5.06. The summed E-state index contributed by atoms with van der Waals surface area (Å²) in [6.45, 7) is 6.24. The van der Waals surface area contributed by atoms with Gasteiger partial charge in [0.15, 0.2) is 0 Å². The predicted molar refractivity (Wildman–Crippen MR) is 58.2 cm³/mol. The molecule has 0 aliphatic rings. The van der Waals surface area contributed by atoms with Crippen molar-refractivity contribution >= 4 is 23.4 Å². The minimum Gasteiger partial charge on any atom is -0.237 e. The lowest BCUT2D eigenvalue weighted by atomic mass is 10.4. The topological polar surface area (TPSA) is 25.8 Å². The number of thioether (sulfide) groups is 1. The molecule has 72 valence electrons. The van der Waals surface area contributed by atoms with Gasteiger partial charge in [-0.2, -0.15) is 11.8 Å². The van der Waals surface area contributed by atoms with E-state index in [1.54, 1.807) is 6.07 Å². The van der Waals surface area contributed by atoms with Gasteiger partial charge < -0.3 is 0 Å². The van der Waals surface area contributed by atoms with Crippen LogP contribution in [0, 0.1) is 6.92 Å². The summed E-state index contributed by atoms with van der Waals surface area (Å²) in [6, 6.07) is 1.77. The van der Waals surface area contributed by atoms with E-state index in [1.165, 1.54) is 0 Å². The Hall–Kier alpha value is -0.280. The Bertz CT molecular complexity index is 269. The van der Waals surface area contributed by atoms with Crippen LogP contribution in [0.5, 0.6) is 0 Å². The number of nitrogens with zero attached hydrogens (tertiary/aromatic N) is 2. The van der Waals surface area contributed by atoms with Crippen molar-refractivity contribution in [2.45, 2.75) is 31.8 Å². The molecule has 2 nitrogen and oxygen atoms in total. The molecule has 0 aliphatic carbocycles. The lowest BCUT2D eigenvalue weighted by Gasteiger charge is -2.04. The first kappa shape index (κ1) is 10.8. The molecule has 0 aromatic carbocycles. The average Bonchev–Trinajstić information content (AvgIpc) is 1.99. The minimum absolute atomic E-state index is 0.534. The molecule has 0 saturated heterocycles. The third kappa shape index (κ3) is 3.96. The Morgan fingerprint density at radius 3 is 2.69 bits per heavy atom. The molecule has 4 heteroatoms. The van der Waals surface area contributed by atoms with Crippen LogP contribution in [0.25, 0.3) is 0 Å². The maximum absolute atomic E-state index is 5.81. The molecular formula is C9H13ClN2S. The van der Waals surface area contributed by atoms with E-state index in [-0.39, 0.29) is 0 Å². The molecule has 0 radical (unpaired) electrons. The Morgan fingerprint density at radius 1 is 1.46 bits per heavy atom. The number of rotatable bonds is 3. The zero-order valence-electron chi connectivity index (χ0n) is 8.04. The van der Waals surface area contributed by atoms with Gasteiger partial charge in [0.2, 0.25) is 0 Å². The molecule has 0 fully saturated rings. The molecule has 1 rings (SSSR count). The first-order valence-corrected chi connectivity index (χ1v) is 5.62. The summed E-state index contributed by atoms with van der Waals surface area (Å²) in [4.78, 5) is 8.43. The Balaban J connectivity index is 2.66. The quantitative estimate of drug-likeness (QED) is 0.727. The normalized spacial score (nSPS) is 10.8.